The summed E-state index contributed by atoms with van der Waals surface area (Å²) in [5, 5.41) is 14.2. The van der Waals surface area contributed by atoms with Gasteiger partial charge in [-0.1, -0.05) is 6.07 Å². The van der Waals surface area contributed by atoms with E-state index in [1.54, 1.807) is 6.92 Å². The van der Waals surface area contributed by atoms with E-state index in [2.05, 4.69) is 0 Å². The average molecular weight is 312 g/mol. The molecule has 0 radical (unpaired) electrons. The maximum atomic E-state index is 12.4. The third kappa shape index (κ3) is 3.06. The van der Waals surface area contributed by atoms with Crippen molar-refractivity contribution in [3.63, 3.8) is 0 Å². The third-order valence-corrected chi connectivity index (χ3v) is 4.59. The first-order chi connectivity index (χ1) is 9.71. The number of nitrogens with zero attached hydrogens (tertiary/aromatic N) is 1. The molecule has 3 N–H and O–H groups in total. The maximum Gasteiger partial charge on any atom is 0.326 e. The fraction of sp³-hybridized carbons (Fsp3) is 0.385. The summed E-state index contributed by atoms with van der Waals surface area (Å²) in [7, 11) is -3.93. The Bertz CT molecular complexity index is 699. The van der Waals surface area contributed by atoms with Crippen molar-refractivity contribution in [3.05, 3.63) is 29.3 Å². The molecule has 7 nitrogen and oxygen atoms in total. The number of hydrogen-bond donors (Lipinski definition) is 2. The highest BCUT2D eigenvalue weighted by atomic mass is 32.2. The molecule has 0 spiro atoms. The second-order valence-electron chi connectivity index (χ2n) is 5.02. The first kappa shape index (κ1) is 15.5. The van der Waals surface area contributed by atoms with Crippen LogP contribution in [0.3, 0.4) is 0 Å². The van der Waals surface area contributed by atoms with Crippen molar-refractivity contribution in [3.8, 4) is 0 Å². The van der Waals surface area contributed by atoms with Crippen LogP contribution in [-0.2, 0) is 14.8 Å². The lowest BCUT2D eigenvalue weighted by molar-refractivity contribution is -0.141. The molecule has 1 aliphatic rings. The molecular formula is C13H16N2O5S. The minimum Gasteiger partial charge on any atom is -0.480 e. The molecule has 1 amide bonds. The zero-order valence-corrected chi connectivity index (χ0v) is 12.3. The van der Waals surface area contributed by atoms with Gasteiger partial charge in [-0.3, -0.25) is 4.79 Å². The molecule has 1 aliphatic heterocycles. The number of rotatable bonds is 3. The minimum atomic E-state index is -3.93. The number of aliphatic carboxylic acids is 1. The number of carboxylic acid groups (broad SMARTS) is 1. The van der Waals surface area contributed by atoms with E-state index in [1.807, 2.05) is 0 Å². The van der Waals surface area contributed by atoms with Crippen molar-refractivity contribution < 1.29 is 23.1 Å². The Morgan fingerprint density at radius 3 is 2.62 bits per heavy atom. The van der Waals surface area contributed by atoms with E-state index in [1.165, 1.54) is 23.1 Å². The second-order valence-corrected chi connectivity index (χ2v) is 6.55. The summed E-state index contributed by atoms with van der Waals surface area (Å²) in [6.45, 7) is 1.91. The van der Waals surface area contributed by atoms with Crippen LogP contribution in [0.4, 0.5) is 0 Å². The molecule has 1 aromatic carbocycles. The van der Waals surface area contributed by atoms with E-state index in [0.29, 0.717) is 24.9 Å². The summed E-state index contributed by atoms with van der Waals surface area (Å²) < 4.78 is 23.0. The van der Waals surface area contributed by atoms with Crippen LogP contribution >= 0.6 is 0 Å². The van der Waals surface area contributed by atoms with Crippen LogP contribution in [0, 0.1) is 6.92 Å². The Kier molecular flexibility index (Phi) is 4.02. The zero-order valence-electron chi connectivity index (χ0n) is 11.4. The Balaban J connectivity index is 2.39. The van der Waals surface area contributed by atoms with Gasteiger partial charge in [-0.25, -0.2) is 18.4 Å². The molecule has 8 heteroatoms. The number of amides is 1. The predicted molar refractivity (Wildman–Crippen MR) is 74.2 cm³/mol. The Hall–Kier alpha value is -1.93. The summed E-state index contributed by atoms with van der Waals surface area (Å²) >= 11 is 0. The SMILES string of the molecule is Cc1ccc(C(=O)N2CCC[C@@H]2C(=O)O)cc1S(N)(=O)=O. The molecule has 21 heavy (non-hydrogen) atoms. The highest BCUT2D eigenvalue weighted by Gasteiger charge is 2.34. The number of benzene rings is 1. The van der Waals surface area contributed by atoms with E-state index in [4.69, 9.17) is 10.2 Å². The van der Waals surface area contributed by atoms with Gasteiger partial charge in [-0.2, -0.15) is 0 Å². The van der Waals surface area contributed by atoms with Crippen LogP contribution in [0.1, 0.15) is 28.8 Å². The predicted octanol–water partition coefficient (Wildman–Crippen LogP) is 0.332. The summed E-state index contributed by atoms with van der Waals surface area (Å²) in [6, 6.07) is 3.30. The third-order valence-electron chi connectivity index (χ3n) is 3.54. The number of aryl methyl sites for hydroxylation is 1. The molecular weight excluding hydrogens is 296 g/mol. The lowest BCUT2D eigenvalue weighted by Crippen LogP contribution is -2.40. The summed E-state index contributed by atoms with van der Waals surface area (Å²) in [6.07, 6.45) is 1.01. The van der Waals surface area contributed by atoms with Crippen LogP contribution in [0.25, 0.3) is 0 Å². The number of carbonyl (C=O) groups is 2. The lowest BCUT2D eigenvalue weighted by Gasteiger charge is -2.21. The molecule has 2 rings (SSSR count). The van der Waals surface area contributed by atoms with Crippen LogP contribution < -0.4 is 5.14 Å². The van der Waals surface area contributed by atoms with Gasteiger partial charge in [0.2, 0.25) is 10.0 Å². The van der Waals surface area contributed by atoms with E-state index >= 15 is 0 Å². The maximum absolute atomic E-state index is 12.4. The zero-order chi connectivity index (χ0) is 15.8. The van der Waals surface area contributed by atoms with Gasteiger partial charge in [0.1, 0.15) is 6.04 Å². The van der Waals surface area contributed by atoms with E-state index in [9.17, 15) is 18.0 Å². The van der Waals surface area contributed by atoms with Crippen molar-refractivity contribution in [2.45, 2.75) is 30.7 Å². The first-order valence-electron chi connectivity index (χ1n) is 6.39. The average Bonchev–Trinajstić information content (AvgIpc) is 2.86. The lowest BCUT2D eigenvalue weighted by atomic mass is 10.1. The highest BCUT2D eigenvalue weighted by molar-refractivity contribution is 7.89. The second kappa shape index (κ2) is 5.45. The minimum absolute atomic E-state index is 0.123. The molecule has 0 bridgehead atoms. The topological polar surface area (TPSA) is 118 Å². The van der Waals surface area contributed by atoms with Crippen LogP contribution in [-0.4, -0.2) is 42.9 Å². The van der Waals surface area contributed by atoms with Gasteiger partial charge in [0.15, 0.2) is 0 Å². The van der Waals surface area contributed by atoms with Gasteiger partial charge in [-0.15, -0.1) is 0 Å². The molecule has 1 saturated heterocycles. The van der Waals surface area contributed by atoms with Crippen molar-refractivity contribution in [2.75, 3.05) is 6.54 Å². The van der Waals surface area contributed by atoms with Gasteiger partial charge >= 0.3 is 5.97 Å². The molecule has 0 aromatic heterocycles. The fourth-order valence-electron chi connectivity index (χ4n) is 2.47. The van der Waals surface area contributed by atoms with E-state index in [0.717, 1.165) is 0 Å². The Morgan fingerprint density at radius 2 is 2.05 bits per heavy atom. The number of carboxylic acids is 1. The summed E-state index contributed by atoms with van der Waals surface area (Å²) in [4.78, 5) is 24.6. The van der Waals surface area contributed by atoms with Gasteiger partial charge in [0.25, 0.3) is 5.91 Å². The molecule has 1 fully saturated rings. The first-order valence-corrected chi connectivity index (χ1v) is 7.93. The molecule has 0 aliphatic carbocycles. The van der Waals surface area contributed by atoms with Crippen molar-refractivity contribution in [2.24, 2.45) is 5.14 Å². The standard InChI is InChI=1S/C13H16N2O5S/c1-8-4-5-9(7-11(8)21(14,19)20)12(16)15-6-2-3-10(15)13(17)18/h4-5,7,10H,2-3,6H2,1H3,(H,17,18)(H2,14,19,20)/t10-/m1/s1. The molecule has 0 unspecified atom stereocenters. The van der Waals surface area contributed by atoms with Gasteiger partial charge in [0, 0.05) is 12.1 Å². The number of carbonyl (C=O) groups excluding carboxylic acids is 1. The fourth-order valence-corrected chi connectivity index (χ4v) is 3.28. The van der Waals surface area contributed by atoms with Crippen LogP contribution in [0.2, 0.25) is 0 Å². The van der Waals surface area contributed by atoms with E-state index < -0.39 is 27.9 Å². The molecule has 1 atom stereocenters. The normalized spacial score (nSPS) is 18.8. The Labute approximate surface area is 122 Å². The monoisotopic (exact) mass is 312 g/mol. The van der Waals surface area contributed by atoms with Crippen LogP contribution in [0.5, 0.6) is 0 Å². The highest BCUT2D eigenvalue weighted by Crippen LogP contribution is 2.22. The molecule has 1 heterocycles. The molecule has 0 saturated carbocycles. The number of primary sulfonamides is 1. The largest absolute Gasteiger partial charge is 0.480 e. The molecule has 1 aromatic rings. The number of likely N-dealkylation sites (tertiary alicyclic amines) is 1. The van der Waals surface area contributed by atoms with Crippen LogP contribution in [0.15, 0.2) is 23.1 Å². The van der Waals surface area contributed by atoms with E-state index in [-0.39, 0.29) is 10.5 Å². The number of hydrogen-bond acceptors (Lipinski definition) is 4. The van der Waals surface area contributed by atoms with Gasteiger partial charge in [0.05, 0.1) is 4.90 Å². The van der Waals surface area contributed by atoms with Crippen molar-refractivity contribution in [1.82, 2.24) is 4.90 Å². The Morgan fingerprint density at radius 1 is 1.38 bits per heavy atom. The quantitative estimate of drug-likeness (QED) is 0.834. The van der Waals surface area contributed by atoms with Crippen molar-refractivity contribution in [1.29, 1.82) is 0 Å². The molecule has 114 valence electrons. The van der Waals surface area contributed by atoms with Crippen molar-refractivity contribution >= 4 is 21.9 Å². The number of nitrogens with two attached hydrogens (primary N) is 1. The summed E-state index contributed by atoms with van der Waals surface area (Å²) in [5.74, 6) is -1.55. The van der Waals surface area contributed by atoms with Gasteiger partial charge in [-0.05, 0) is 37.5 Å². The van der Waals surface area contributed by atoms with Gasteiger partial charge < -0.3 is 10.0 Å². The smallest absolute Gasteiger partial charge is 0.326 e. The number of sulfonamides is 1. The summed E-state index contributed by atoms with van der Waals surface area (Å²) in [5.41, 5.74) is 0.558.